The van der Waals surface area contributed by atoms with Crippen molar-refractivity contribution in [2.24, 2.45) is 7.05 Å². The Morgan fingerprint density at radius 3 is 2.43 bits per heavy atom. The molecule has 4 aromatic rings. The van der Waals surface area contributed by atoms with Crippen molar-refractivity contribution in [3.63, 3.8) is 0 Å². The zero-order chi connectivity index (χ0) is 32.0. The van der Waals surface area contributed by atoms with Gasteiger partial charge in [0, 0.05) is 82.0 Å². The summed E-state index contributed by atoms with van der Waals surface area (Å²) in [4.78, 5) is 30.2. The van der Waals surface area contributed by atoms with Gasteiger partial charge in [0.25, 0.3) is 5.91 Å². The number of aryl methyl sites for hydroxylation is 1. The number of nitrogens with one attached hydrogen (secondary N) is 1. The summed E-state index contributed by atoms with van der Waals surface area (Å²) in [5, 5.41) is 17.8. The normalized spacial score (nSPS) is 23.7. The molecule has 3 aliphatic rings. The minimum atomic E-state index is -0.710. The third-order valence-electron chi connectivity index (χ3n) is 10.3. The number of nitrogens with zero attached hydrogens (tertiary/aromatic N) is 8. The number of aromatic nitrogens is 5. The lowest BCUT2D eigenvalue weighted by atomic mass is 9.83. The molecular weight excluding hydrogens is 585 g/mol. The average Bonchev–Trinajstić information content (AvgIpc) is 3.64. The molecule has 7 rings (SSSR count). The van der Waals surface area contributed by atoms with E-state index in [1.807, 2.05) is 13.0 Å². The number of pyridine rings is 1. The maximum absolute atomic E-state index is 15.7. The van der Waals surface area contributed by atoms with Gasteiger partial charge in [-0.3, -0.25) is 24.7 Å². The second-order valence-electron chi connectivity index (χ2n) is 13.6. The number of imidazole rings is 1. The third kappa shape index (κ3) is 6.13. The van der Waals surface area contributed by atoms with E-state index in [-0.39, 0.29) is 17.3 Å². The Balaban J connectivity index is 1.16. The van der Waals surface area contributed by atoms with Crippen molar-refractivity contribution in [3.05, 3.63) is 54.2 Å². The van der Waals surface area contributed by atoms with Crippen LogP contribution in [0.2, 0.25) is 0 Å². The highest BCUT2D eigenvalue weighted by molar-refractivity contribution is 6.05. The number of benzene rings is 1. The molecular formula is C34H44FN9O2. The predicted octanol–water partition coefficient (Wildman–Crippen LogP) is 4.31. The van der Waals surface area contributed by atoms with Gasteiger partial charge in [0.05, 0.1) is 28.4 Å². The first kappa shape index (κ1) is 30.8. The average molecular weight is 630 g/mol. The van der Waals surface area contributed by atoms with Gasteiger partial charge in [-0.25, -0.2) is 9.37 Å². The molecule has 3 fully saturated rings. The highest BCUT2D eigenvalue weighted by Gasteiger charge is 2.33. The number of amides is 1. The van der Waals surface area contributed by atoms with Gasteiger partial charge in [-0.1, -0.05) is 0 Å². The van der Waals surface area contributed by atoms with Crippen molar-refractivity contribution < 1.29 is 14.3 Å². The molecule has 3 aromatic heterocycles. The van der Waals surface area contributed by atoms with E-state index in [4.69, 9.17) is 4.98 Å². The van der Waals surface area contributed by atoms with Gasteiger partial charge in [-0.2, -0.15) is 5.10 Å². The molecule has 46 heavy (non-hydrogen) atoms. The molecule has 2 saturated heterocycles. The molecule has 1 saturated carbocycles. The third-order valence-corrected chi connectivity index (χ3v) is 10.3. The number of halogens is 1. The summed E-state index contributed by atoms with van der Waals surface area (Å²) in [7, 11) is 3.94. The van der Waals surface area contributed by atoms with E-state index in [1.54, 1.807) is 17.9 Å². The van der Waals surface area contributed by atoms with E-state index in [0.717, 1.165) is 81.7 Å². The molecule has 1 amide bonds. The number of carbonyl (C=O) groups excluding carboxylic acids is 1. The van der Waals surface area contributed by atoms with Crippen molar-refractivity contribution >= 4 is 28.6 Å². The van der Waals surface area contributed by atoms with Gasteiger partial charge in [0.2, 0.25) is 5.95 Å². The van der Waals surface area contributed by atoms with Crippen LogP contribution in [0.3, 0.4) is 0 Å². The molecule has 1 aliphatic carbocycles. The van der Waals surface area contributed by atoms with Gasteiger partial charge in [0.15, 0.2) is 5.82 Å². The molecule has 0 radical (unpaired) electrons. The van der Waals surface area contributed by atoms with Crippen molar-refractivity contribution in [2.75, 3.05) is 56.5 Å². The van der Waals surface area contributed by atoms with E-state index < -0.39 is 17.3 Å². The van der Waals surface area contributed by atoms with Crippen molar-refractivity contribution in [3.8, 4) is 11.3 Å². The van der Waals surface area contributed by atoms with Crippen LogP contribution in [0, 0.1) is 5.82 Å². The lowest BCUT2D eigenvalue weighted by molar-refractivity contribution is 0.0106. The molecule has 0 spiro atoms. The molecule has 0 atom stereocenters. The minimum absolute atomic E-state index is 0.0342. The van der Waals surface area contributed by atoms with Crippen LogP contribution >= 0.6 is 0 Å². The minimum Gasteiger partial charge on any atom is -0.390 e. The summed E-state index contributed by atoms with van der Waals surface area (Å²) in [5.74, 6) is -0.904. The summed E-state index contributed by atoms with van der Waals surface area (Å²) in [6.07, 6.45) is 9.69. The number of rotatable bonds is 6. The smallest absolute Gasteiger partial charge is 0.261 e. The Morgan fingerprint density at radius 1 is 1.00 bits per heavy atom. The summed E-state index contributed by atoms with van der Waals surface area (Å²) in [6, 6.07) is 8.38. The first-order chi connectivity index (χ1) is 22.1. The quantitative estimate of drug-likeness (QED) is 0.325. The number of hydrogen-bond donors (Lipinski definition) is 2. The highest BCUT2D eigenvalue weighted by atomic mass is 19.1. The summed E-state index contributed by atoms with van der Waals surface area (Å²) in [5.41, 5.74) is 2.61. The van der Waals surface area contributed by atoms with Crippen molar-refractivity contribution in [2.45, 2.75) is 63.1 Å². The van der Waals surface area contributed by atoms with Crippen LogP contribution in [-0.4, -0.2) is 103 Å². The maximum Gasteiger partial charge on any atom is 0.261 e. The topological polar surface area (TPSA) is 108 Å². The molecule has 0 bridgehead atoms. The Bertz CT molecular complexity index is 1710. The van der Waals surface area contributed by atoms with E-state index in [2.05, 4.69) is 53.8 Å². The molecule has 5 heterocycles. The predicted molar refractivity (Wildman–Crippen MR) is 177 cm³/mol. The highest BCUT2D eigenvalue weighted by Crippen LogP contribution is 2.39. The SMILES string of the molecule is CN1CCN(C2CCN(c3ccc4nc(NC(=O)c5ccnc(-c6cnn(C)c6)c5F)n(C5CCC(C)(O)CC5)c4c3)CC2)CC1. The number of anilines is 2. The fourth-order valence-corrected chi connectivity index (χ4v) is 7.43. The molecule has 2 N–H and O–H groups in total. The van der Waals surface area contributed by atoms with E-state index >= 15 is 4.39 Å². The molecule has 0 unspecified atom stereocenters. The second-order valence-corrected chi connectivity index (χ2v) is 13.6. The Hall–Kier alpha value is -3.87. The van der Waals surface area contributed by atoms with Gasteiger partial charge < -0.3 is 19.5 Å². The van der Waals surface area contributed by atoms with Crippen LogP contribution in [0.4, 0.5) is 16.0 Å². The van der Waals surface area contributed by atoms with E-state index in [0.29, 0.717) is 30.4 Å². The summed E-state index contributed by atoms with van der Waals surface area (Å²) >= 11 is 0. The standard InChI is InChI=1S/C34H44FN9O2/c1-34(46)11-6-25(7-12-34)44-29-20-26(42-14-9-24(10-15-42)43-18-16-40(2)17-19-43)4-5-28(29)38-33(44)39-32(45)27-8-13-36-31(30(27)35)23-21-37-41(3)22-23/h4-5,8,13,20-22,24-25,46H,6-7,9-12,14-19H2,1-3H3,(H,38,39,45). The number of carbonyl (C=O) groups is 1. The fourth-order valence-electron chi connectivity index (χ4n) is 7.43. The molecule has 2 aliphatic heterocycles. The molecule has 11 nitrogen and oxygen atoms in total. The summed E-state index contributed by atoms with van der Waals surface area (Å²) < 4.78 is 19.3. The lowest BCUT2D eigenvalue weighted by Gasteiger charge is -2.42. The van der Waals surface area contributed by atoms with Crippen LogP contribution in [0.5, 0.6) is 0 Å². The zero-order valence-electron chi connectivity index (χ0n) is 27.0. The molecule has 1 aromatic carbocycles. The van der Waals surface area contributed by atoms with Crippen LogP contribution in [-0.2, 0) is 7.05 Å². The van der Waals surface area contributed by atoms with Crippen molar-refractivity contribution in [1.29, 1.82) is 0 Å². The van der Waals surface area contributed by atoms with Crippen molar-refractivity contribution in [1.82, 2.24) is 34.1 Å². The van der Waals surface area contributed by atoms with Crippen LogP contribution in [0.25, 0.3) is 22.3 Å². The number of piperazine rings is 1. The second kappa shape index (κ2) is 12.4. The monoisotopic (exact) mass is 629 g/mol. The van der Waals surface area contributed by atoms with E-state index in [9.17, 15) is 9.90 Å². The Morgan fingerprint density at radius 2 is 1.74 bits per heavy atom. The molecule has 244 valence electrons. The van der Waals surface area contributed by atoms with Crippen LogP contribution in [0.15, 0.2) is 42.9 Å². The van der Waals surface area contributed by atoms with Gasteiger partial charge >= 0.3 is 0 Å². The van der Waals surface area contributed by atoms with Crippen LogP contribution < -0.4 is 10.2 Å². The largest absolute Gasteiger partial charge is 0.390 e. The van der Waals surface area contributed by atoms with E-state index in [1.165, 1.54) is 18.5 Å². The van der Waals surface area contributed by atoms with Gasteiger partial charge in [-0.05, 0) is 76.8 Å². The first-order valence-corrected chi connectivity index (χ1v) is 16.5. The molecule has 12 heteroatoms. The first-order valence-electron chi connectivity index (χ1n) is 16.5. The summed E-state index contributed by atoms with van der Waals surface area (Å²) in [6.45, 7) is 8.42. The Kier molecular flexibility index (Phi) is 8.28. The number of fused-ring (bicyclic) bond motifs is 1. The van der Waals surface area contributed by atoms with Gasteiger partial charge in [0.1, 0.15) is 5.69 Å². The maximum atomic E-state index is 15.7. The zero-order valence-corrected chi connectivity index (χ0v) is 27.0. The van der Waals surface area contributed by atoms with Gasteiger partial charge in [-0.15, -0.1) is 0 Å². The van der Waals surface area contributed by atoms with Crippen LogP contribution in [0.1, 0.15) is 61.8 Å². The number of aliphatic hydroxyl groups is 1. The fraction of sp³-hybridized carbons (Fsp3) is 0.529. The number of hydrogen-bond acceptors (Lipinski definition) is 8. The number of likely N-dealkylation sites (N-methyl/N-ethyl adjacent to an activating group) is 1. The Labute approximate surface area is 269 Å². The number of piperidine rings is 1. The lowest BCUT2D eigenvalue weighted by Crippen LogP contribution is -2.52.